The number of ether oxygens (including phenoxy) is 1. The number of carbonyl (C=O) groups excluding carboxylic acids is 1. The molecule has 0 bridgehead atoms. The summed E-state index contributed by atoms with van der Waals surface area (Å²) in [4.78, 5) is 16.7. The van der Waals surface area contributed by atoms with Gasteiger partial charge in [-0.3, -0.25) is 9.69 Å². The van der Waals surface area contributed by atoms with Crippen LogP contribution in [0.1, 0.15) is 18.1 Å². The van der Waals surface area contributed by atoms with Crippen LogP contribution in [0.5, 0.6) is 5.75 Å². The van der Waals surface area contributed by atoms with Crippen molar-refractivity contribution in [3.63, 3.8) is 0 Å². The summed E-state index contributed by atoms with van der Waals surface area (Å²) in [7, 11) is 0. The summed E-state index contributed by atoms with van der Waals surface area (Å²) >= 11 is 0. The number of piperazine rings is 1. The quantitative estimate of drug-likeness (QED) is 0.783. The number of nitrogens with zero attached hydrogens (tertiary/aromatic N) is 2. The van der Waals surface area contributed by atoms with Crippen LogP contribution in [0.3, 0.4) is 0 Å². The molecule has 1 atom stereocenters. The predicted molar refractivity (Wildman–Crippen MR) is 89.2 cm³/mol. The van der Waals surface area contributed by atoms with E-state index in [9.17, 15) is 4.79 Å². The van der Waals surface area contributed by atoms with Gasteiger partial charge in [0, 0.05) is 32.7 Å². The largest absolute Gasteiger partial charge is 0.481 e. The molecular formula is C18H26N2O2. The van der Waals surface area contributed by atoms with Crippen molar-refractivity contribution in [2.24, 2.45) is 0 Å². The van der Waals surface area contributed by atoms with Gasteiger partial charge in [0.05, 0.1) is 0 Å². The molecule has 1 unspecified atom stereocenters. The Balaban J connectivity index is 1.91. The minimum atomic E-state index is -0.452. The summed E-state index contributed by atoms with van der Waals surface area (Å²) < 4.78 is 5.87. The molecule has 1 aromatic rings. The Morgan fingerprint density at radius 1 is 1.32 bits per heavy atom. The van der Waals surface area contributed by atoms with Crippen molar-refractivity contribution in [3.8, 4) is 5.75 Å². The Labute approximate surface area is 133 Å². The lowest BCUT2D eigenvalue weighted by Crippen LogP contribution is -2.51. The van der Waals surface area contributed by atoms with Gasteiger partial charge < -0.3 is 9.64 Å². The van der Waals surface area contributed by atoms with Gasteiger partial charge in [0.2, 0.25) is 0 Å². The zero-order valence-corrected chi connectivity index (χ0v) is 13.8. The number of hydrogen-bond acceptors (Lipinski definition) is 3. The second-order valence-corrected chi connectivity index (χ2v) is 5.94. The topological polar surface area (TPSA) is 32.8 Å². The highest BCUT2D eigenvalue weighted by Crippen LogP contribution is 2.20. The Kier molecular flexibility index (Phi) is 5.61. The fourth-order valence-corrected chi connectivity index (χ4v) is 2.76. The Morgan fingerprint density at radius 3 is 2.59 bits per heavy atom. The monoisotopic (exact) mass is 302 g/mol. The molecule has 4 heteroatoms. The predicted octanol–water partition coefficient (Wildman–Crippen LogP) is 2.40. The third-order valence-electron chi connectivity index (χ3n) is 4.05. The SMILES string of the molecule is C=CCN1CCN(C(=O)C(C)Oc2ccc(C)cc2C)CC1. The maximum absolute atomic E-state index is 12.5. The molecule has 1 amide bonds. The summed E-state index contributed by atoms with van der Waals surface area (Å²) in [5.74, 6) is 0.856. The average molecular weight is 302 g/mol. The number of aryl methyl sites for hydroxylation is 2. The molecule has 0 spiro atoms. The van der Waals surface area contributed by atoms with E-state index in [1.807, 2.05) is 43.9 Å². The average Bonchev–Trinajstić information content (AvgIpc) is 2.50. The first kappa shape index (κ1) is 16.6. The van der Waals surface area contributed by atoms with Crippen LogP contribution in [0.4, 0.5) is 0 Å². The maximum atomic E-state index is 12.5. The first-order valence-electron chi connectivity index (χ1n) is 7.87. The minimum absolute atomic E-state index is 0.0678. The van der Waals surface area contributed by atoms with E-state index in [1.165, 1.54) is 5.56 Å². The highest BCUT2D eigenvalue weighted by atomic mass is 16.5. The van der Waals surface area contributed by atoms with E-state index in [-0.39, 0.29) is 5.91 Å². The zero-order valence-electron chi connectivity index (χ0n) is 13.8. The molecule has 0 aliphatic carbocycles. The highest BCUT2D eigenvalue weighted by molar-refractivity contribution is 5.81. The van der Waals surface area contributed by atoms with Crippen molar-refractivity contribution in [1.29, 1.82) is 0 Å². The summed E-state index contributed by atoms with van der Waals surface area (Å²) in [5.41, 5.74) is 2.26. The molecule has 1 aliphatic heterocycles. The van der Waals surface area contributed by atoms with Gasteiger partial charge in [-0.2, -0.15) is 0 Å². The van der Waals surface area contributed by atoms with Crippen molar-refractivity contribution in [3.05, 3.63) is 42.0 Å². The Bertz CT molecular complexity index is 534. The van der Waals surface area contributed by atoms with Gasteiger partial charge in [0.1, 0.15) is 5.75 Å². The molecule has 0 saturated carbocycles. The molecule has 1 fully saturated rings. The maximum Gasteiger partial charge on any atom is 0.263 e. The molecule has 4 nitrogen and oxygen atoms in total. The summed E-state index contributed by atoms with van der Waals surface area (Å²) in [6.07, 6.45) is 1.45. The van der Waals surface area contributed by atoms with Crippen LogP contribution in [-0.4, -0.2) is 54.5 Å². The summed E-state index contributed by atoms with van der Waals surface area (Å²) in [5, 5.41) is 0. The lowest BCUT2D eigenvalue weighted by atomic mass is 10.1. The fourth-order valence-electron chi connectivity index (χ4n) is 2.76. The van der Waals surface area contributed by atoms with Crippen LogP contribution in [0, 0.1) is 13.8 Å². The van der Waals surface area contributed by atoms with Crippen molar-refractivity contribution < 1.29 is 9.53 Å². The zero-order chi connectivity index (χ0) is 16.1. The molecule has 1 saturated heterocycles. The van der Waals surface area contributed by atoms with Crippen LogP contribution in [0.25, 0.3) is 0 Å². The van der Waals surface area contributed by atoms with Gasteiger partial charge >= 0.3 is 0 Å². The van der Waals surface area contributed by atoms with Crippen molar-refractivity contribution in [2.45, 2.75) is 26.9 Å². The number of carbonyl (C=O) groups is 1. The Hall–Kier alpha value is -1.81. The van der Waals surface area contributed by atoms with Gasteiger partial charge in [0.25, 0.3) is 5.91 Å². The van der Waals surface area contributed by atoms with E-state index in [0.29, 0.717) is 0 Å². The van der Waals surface area contributed by atoms with Crippen LogP contribution in [-0.2, 0) is 4.79 Å². The molecule has 1 heterocycles. The highest BCUT2D eigenvalue weighted by Gasteiger charge is 2.25. The molecule has 1 aromatic carbocycles. The lowest BCUT2D eigenvalue weighted by molar-refractivity contribution is -0.139. The van der Waals surface area contributed by atoms with E-state index in [2.05, 4.69) is 17.5 Å². The molecule has 0 radical (unpaired) electrons. The summed E-state index contributed by atoms with van der Waals surface area (Å²) in [6.45, 7) is 13.8. The van der Waals surface area contributed by atoms with Gasteiger partial charge in [-0.15, -0.1) is 6.58 Å². The number of benzene rings is 1. The van der Waals surface area contributed by atoms with Crippen molar-refractivity contribution in [1.82, 2.24) is 9.80 Å². The molecule has 120 valence electrons. The molecular weight excluding hydrogens is 276 g/mol. The van der Waals surface area contributed by atoms with E-state index >= 15 is 0 Å². The number of hydrogen-bond donors (Lipinski definition) is 0. The van der Waals surface area contributed by atoms with E-state index in [1.54, 1.807) is 0 Å². The van der Waals surface area contributed by atoms with E-state index < -0.39 is 6.10 Å². The van der Waals surface area contributed by atoms with Crippen molar-refractivity contribution >= 4 is 5.91 Å². The molecule has 2 rings (SSSR count). The smallest absolute Gasteiger partial charge is 0.263 e. The van der Waals surface area contributed by atoms with Gasteiger partial charge in [-0.1, -0.05) is 23.8 Å². The van der Waals surface area contributed by atoms with Crippen LogP contribution in [0.15, 0.2) is 30.9 Å². The minimum Gasteiger partial charge on any atom is -0.481 e. The van der Waals surface area contributed by atoms with Gasteiger partial charge in [0.15, 0.2) is 6.10 Å². The second-order valence-electron chi connectivity index (χ2n) is 5.94. The third-order valence-corrected chi connectivity index (χ3v) is 4.05. The second kappa shape index (κ2) is 7.45. The van der Waals surface area contributed by atoms with Gasteiger partial charge in [-0.25, -0.2) is 0 Å². The molecule has 22 heavy (non-hydrogen) atoms. The normalized spacial score (nSPS) is 17.1. The summed E-state index contributed by atoms with van der Waals surface area (Å²) in [6, 6.07) is 6.02. The number of amides is 1. The Morgan fingerprint density at radius 2 is 2.00 bits per heavy atom. The van der Waals surface area contributed by atoms with Gasteiger partial charge in [-0.05, 0) is 32.4 Å². The van der Waals surface area contributed by atoms with E-state index in [0.717, 1.165) is 44.0 Å². The fraction of sp³-hybridized carbons (Fsp3) is 0.500. The first-order chi connectivity index (χ1) is 10.5. The standard InChI is InChI=1S/C18H26N2O2/c1-5-8-19-9-11-20(12-10-19)18(21)16(4)22-17-7-6-14(2)13-15(17)3/h5-7,13,16H,1,8-12H2,2-4H3. The van der Waals surface area contributed by atoms with Crippen LogP contribution < -0.4 is 4.74 Å². The molecule has 0 N–H and O–H groups in total. The number of rotatable bonds is 5. The van der Waals surface area contributed by atoms with Crippen LogP contribution >= 0.6 is 0 Å². The first-order valence-corrected chi connectivity index (χ1v) is 7.87. The molecule has 1 aliphatic rings. The third kappa shape index (κ3) is 4.10. The molecule has 0 aromatic heterocycles. The lowest BCUT2D eigenvalue weighted by Gasteiger charge is -2.35. The van der Waals surface area contributed by atoms with E-state index in [4.69, 9.17) is 4.74 Å². The van der Waals surface area contributed by atoms with Crippen molar-refractivity contribution in [2.75, 3.05) is 32.7 Å². The van der Waals surface area contributed by atoms with Crippen LogP contribution in [0.2, 0.25) is 0 Å².